The Morgan fingerprint density at radius 2 is 2.27 bits per heavy atom. The van der Waals surface area contributed by atoms with E-state index in [0.717, 1.165) is 5.56 Å². The minimum atomic E-state index is -0.328. The molecule has 0 spiro atoms. The number of benzene rings is 1. The summed E-state index contributed by atoms with van der Waals surface area (Å²) in [5, 5.41) is 2.96. The summed E-state index contributed by atoms with van der Waals surface area (Å²) in [6.07, 6.45) is 0. The summed E-state index contributed by atoms with van der Waals surface area (Å²) in [6.45, 7) is 3.33. The van der Waals surface area contributed by atoms with E-state index in [2.05, 4.69) is 5.32 Å². The van der Waals surface area contributed by atoms with Gasteiger partial charge < -0.3 is 10.2 Å². The van der Waals surface area contributed by atoms with Crippen molar-refractivity contribution in [2.75, 3.05) is 24.5 Å². The maximum atomic E-state index is 13.6. The van der Waals surface area contributed by atoms with Gasteiger partial charge in [0.25, 0.3) is 0 Å². The van der Waals surface area contributed by atoms with E-state index in [0.29, 0.717) is 18.8 Å². The number of hydrogen-bond acceptors (Lipinski definition) is 2. The Kier molecular flexibility index (Phi) is 2.68. The molecule has 1 amide bonds. The zero-order valence-corrected chi connectivity index (χ0v) is 8.59. The molecule has 0 unspecified atom stereocenters. The molecule has 1 aromatic carbocycles. The number of halogens is 1. The summed E-state index contributed by atoms with van der Waals surface area (Å²) in [7, 11) is 0. The van der Waals surface area contributed by atoms with Crippen LogP contribution in [0.1, 0.15) is 5.56 Å². The van der Waals surface area contributed by atoms with Gasteiger partial charge in [-0.25, -0.2) is 4.39 Å². The average Bonchev–Trinajstić information content (AvgIpc) is 2.20. The van der Waals surface area contributed by atoms with Crippen molar-refractivity contribution in [3.8, 4) is 0 Å². The Balaban J connectivity index is 2.39. The van der Waals surface area contributed by atoms with Crippen molar-refractivity contribution < 1.29 is 9.18 Å². The van der Waals surface area contributed by atoms with Gasteiger partial charge in [0.05, 0.1) is 12.2 Å². The normalized spacial score (nSPS) is 16.9. The van der Waals surface area contributed by atoms with Crippen LogP contribution in [0.15, 0.2) is 18.2 Å². The van der Waals surface area contributed by atoms with E-state index < -0.39 is 0 Å². The number of para-hydroxylation sites is 1. The predicted molar refractivity (Wildman–Crippen MR) is 56.4 cm³/mol. The van der Waals surface area contributed by atoms with E-state index in [-0.39, 0.29) is 18.3 Å². The lowest BCUT2D eigenvalue weighted by Crippen LogP contribution is -2.48. The summed E-state index contributed by atoms with van der Waals surface area (Å²) >= 11 is 0. The molecule has 0 aromatic heterocycles. The molecule has 3 nitrogen and oxygen atoms in total. The topological polar surface area (TPSA) is 32.3 Å². The lowest BCUT2D eigenvalue weighted by molar-refractivity contribution is -0.118. The largest absolute Gasteiger partial charge is 0.307 e. The molecule has 2 rings (SSSR count). The third kappa shape index (κ3) is 1.85. The second kappa shape index (κ2) is 3.98. The Bertz CT molecular complexity index is 372. The van der Waals surface area contributed by atoms with E-state index in [4.69, 9.17) is 0 Å². The molecule has 0 atom stereocenters. The Morgan fingerprint density at radius 3 is 2.93 bits per heavy atom. The molecule has 4 heteroatoms. The van der Waals surface area contributed by atoms with Gasteiger partial charge in [0.2, 0.25) is 5.91 Å². The van der Waals surface area contributed by atoms with Crippen molar-refractivity contribution in [1.82, 2.24) is 5.32 Å². The lowest BCUT2D eigenvalue weighted by atomic mass is 10.1. The fourth-order valence-corrected chi connectivity index (χ4v) is 1.81. The predicted octanol–water partition coefficient (Wildman–Crippen LogP) is 1.07. The summed E-state index contributed by atoms with van der Waals surface area (Å²) in [4.78, 5) is 13.1. The summed E-state index contributed by atoms with van der Waals surface area (Å²) in [5.41, 5.74) is 1.22. The van der Waals surface area contributed by atoms with E-state index in [1.165, 1.54) is 11.0 Å². The zero-order valence-electron chi connectivity index (χ0n) is 8.59. The molecular weight excluding hydrogens is 195 g/mol. The van der Waals surface area contributed by atoms with Gasteiger partial charge in [0, 0.05) is 13.1 Å². The fourth-order valence-electron chi connectivity index (χ4n) is 1.81. The van der Waals surface area contributed by atoms with Crippen molar-refractivity contribution in [1.29, 1.82) is 0 Å². The van der Waals surface area contributed by atoms with Gasteiger partial charge in [0.1, 0.15) is 5.82 Å². The van der Waals surface area contributed by atoms with Crippen LogP contribution in [0.5, 0.6) is 0 Å². The Labute approximate surface area is 87.9 Å². The first-order chi connectivity index (χ1) is 7.20. The number of amides is 1. The minimum Gasteiger partial charge on any atom is -0.307 e. The van der Waals surface area contributed by atoms with Crippen LogP contribution >= 0.6 is 0 Å². The summed E-state index contributed by atoms with van der Waals surface area (Å²) in [6, 6.07) is 4.85. The second-order valence-corrected chi connectivity index (χ2v) is 3.63. The molecule has 1 aliphatic rings. The van der Waals surface area contributed by atoms with Gasteiger partial charge in [-0.1, -0.05) is 12.1 Å². The van der Waals surface area contributed by atoms with Gasteiger partial charge >= 0.3 is 0 Å². The zero-order chi connectivity index (χ0) is 10.8. The van der Waals surface area contributed by atoms with Crippen LogP contribution in [0.3, 0.4) is 0 Å². The molecule has 0 aliphatic carbocycles. The molecule has 1 heterocycles. The van der Waals surface area contributed by atoms with Gasteiger partial charge in [-0.2, -0.15) is 0 Å². The van der Waals surface area contributed by atoms with Crippen LogP contribution in [-0.2, 0) is 4.79 Å². The van der Waals surface area contributed by atoms with Crippen molar-refractivity contribution in [3.63, 3.8) is 0 Å². The molecule has 1 N–H and O–H groups in total. The second-order valence-electron chi connectivity index (χ2n) is 3.63. The quantitative estimate of drug-likeness (QED) is 0.748. The van der Waals surface area contributed by atoms with Crippen molar-refractivity contribution in [3.05, 3.63) is 29.6 Å². The van der Waals surface area contributed by atoms with E-state index in [9.17, 15) is 9.18 Å². The van der Waals surface area contributed by atoms with E-state index in [1.807, 2.05) is 13.0 Å². The summed E-state index contributed by atoms with van der Waals surface area (Å²) in [5.74, 6) is -0.403. The highest BCUT2D eigenvalue weighted by molar-refractivity contribution is 5.96. The molecule has 0 radical (unpaired) electrons. The highest BCUT2D eigenvalue weighted by Crippen LogP contribution is 2.24. The van der Waals surface area contributed by atoms with E-state index >= 15 is 0 Å². The van der Waals surface area contributed by atoms with Crippen LogP contribution in [0.25, 0.3) is 0 Å². The molecular formula is C11H13FN2O. The van der Waals surface area contributed by atoms with E-state index in [1.54, 1.807) is 6.07 Å². The van der Waals surface area contributed by atoms with Crippen LogP contribution in [0.4, 0.5) is 10.1 Å². The first-order valence-electron chi connectivity index (χ1n) is 4.96. The first-order valence-corrected chi connectivity index (χ1v) is 4.96. The smallest absolute Gasteiger partial charge is 0.241 e. The molecule has 1 saturated heterocycles. The number of rotatable bonds is 1. The third-order valence-corrected chi connectivity index (χ3v) is 2.55. The first kappa shape index (κ1) is 10.1. The number of carbonyl (C=O) groups excluding carboxylic acids is 1. The lowest BCUT2D eigenvalue weighted by Gasteiger charge is -2.28. The molecule has 1 aliphatic heterocycles. The molecule has 0 saturated carbocycles. The number of nitrogens with one attached hydrogen (secondary N) is 1. The third-order valence-electron chi connectivity index (χ3n) is 2.55. The average molecular weight is 208 g/mol. The van der Waals surface area contributed by atoms with Crippen molar-refractivity contribution in [2.24, 2.45) is 0 Å². The number of carbonyl (C=O) groups is 1. The van der Waals surface area contributed by atoms with Crippen LogP contribution < -0.4 is 10.2 Å². The van der Waals surface area contributed by atoms with Crippen LogP contribution in [-0.4, -0.2) is 25.5 Å². The SMILES string of the molecule is Cc1cccc(F)c1N1CCNCC1=O. The van der Waals surface area contributed by atoms with Gasteiger partial charge in [0.15, 0.2) is 0 Å². The number of anilines is 1. The summed E-state index contributed by atoms with van der Waals surface area (Å²) < 4.78 is 13.6. The molecule has 1 aromatic rings. The number of hydrogen-bond donors (Lipinski definition) is 1. The Morgan fingerprint density at radius 1 is 1.47 bits per heavy atom. The molecule has 1 fully saturated rings. The van der Waals surface area contributed by atoms with Crippen molar-refractivity contribution in [2.45, 2.75) is 6.92 Å². The van der Waals surface area contributed by atoms with Crippen molar-refractivity contribution >= 4 is 11.6 Å². The molecule has 15 heavy (non-hydrogen) atoms. The Hall–Kier alpha value is -1.42. The minimum absolute atomic E-state index is 0.0746. The van der Waals surface area contributed by atoms with Gasteiger partial charge in [-0.3, -0.25) is 4.79 Å². The number of aryl methyl sites for hydroxylation is 1. The monoisotopic (exact) mass is 208 g/mol. The molecule has 0 bridgehead atoms. The maximum Gasteiger partial charge on any atom is 0.241 e. The highest BCUT2D eigenvalue weighted by Gasteiger charge is 2.23. The number of nitrogens with zero attached hydrogens (tertiary/aromatic N) is 1. The van der Waals surface area contributed by atoms with Gasteiger partial charge in [-0.15, -0.1) is 0 Å². The van der Waals surface area contributed by atoms with Crippen LogP contribution in [0, 0.1) is 12.7 Å². The highest BCUT2D eigenvalue weighted by atomic mass is 19.1. The van der Waals surface area contributed by atoms with Crippen LogP contribution in [0.2, 0.25) is 0 Å². The number of piperazine rings is 1. The maximum absolute atomic E-state index is 13.6. The standard InChI is InChI=1S/C11H13FN2O/c1-8-3-2-4-9(12)11(8)14-6-5-13-7-10(14)15/h2-4,13H,5-7H2,1H3. The molecule has 80 valence electrons. The fraction of sp³-hybridized carbons (Fsp3) is 0.364. The van der Waals surface area contributed by atoms with Gasteiger partial charge in [-0.05, 0) is 18.6 Å².